The Morgan fingerprint density at radius 2 is 2.29 bits per heavy atom. The zero-order valence-electron chi connectivity index (χ0n) is 7.71. The first-order chi connectivity index (χ1) is 6.72. The Kier molecular flexibility index (Phi) is 3.83. The van der Waals surface area contributed by atoms with E-state index in [2.05, 4.69) is 21.2 Å². The Balaban J connectivity index is 3.13. The third-order valence-electron chi connectivity index (χ3n) is 1.89. The van der Waals surface area contributed by atoms with Crippen LogP contribution in [0.5, 0.6) is 0 Å². The van der Waals surface area contributed by atoms with Crippen molar-refractivity contribution in [1.82, 2.24) is 0 Å². The van der Waals surface area contributed by atoms with Crippen LogP contribution in [0.2, 0.25) is 0 Å². The molecule has 0 saturated heterocycles. The second kappa shape index (κ2) is 4.91. The molecule has 1 aromatic carbocycles. The molecule has 14 heavy (non-hydrogen) atoms. The number of aldehydes is 1. The maximum atomic E-state index is 11.3. The quantitative estimate of drug-likeness (QED) is 0.510. The van der Waals surface area contributed by atoms with E-state index in [0.717, 1.165) is 12.0 Å². The van der Waals surface area contributed by atoms with Crippen molar-refractivity contribution in [2.75, 3.05) is 17.7 Å². The highest BCUT2D eigenvalue weighted by Gasteiger charge is 2.07. The Morgan fingerprint density at radius 3 is 2.79 bits per heavy atom. The fourth-order valence-electron chi connectivity index (χ4n) is 1.14. The standard InChI is InChI=1S/C10H10BrNO2/c1-12-9-3-2-7(10(14)5-11)4-8(9)6-13/h2-4,6,12H,5H2,1H3. The van der Waals surface area contributed by atoms with Crippen molar-refractivity contribution < 1.29 is 9.59 Å². The van der Waals surface area contributed by atoms with Crippen LogP contribution >= 0.6 is 15.9 Å². The Labute approximate surface area is 90.6 Å². The summed E-state index contributed by atoms with van der Waals surface area (Å²) in [6.45, 7) is 0. The molecule has 0 aliphatic heterocycles. The summed E-state index contributed by atoms with van der Waals surface area (Å²) >= 11 is 3.08. The van der Waals surface area contributed by atoms with Crippen LogP contribution in [0, 0.1) is 0 Å². The molecule has 0 aromatic heterocycles. The van der Waals surface area contributed by atoms with Crippen LogP contribution in [-0.4, -0.2) is 24.4 Å². The van der Waals surface area contributed by atoms with Crippen molar-refractivity contribution >= 4 is 33.7 Å². The number of carbonyl (C=O) groups excluding carboxylic acids is 2. The molecule has 1 aromatic rings. The SMILES string of the molecule is CNc1ccc(C(=O)CBr)cc1C=O. The first kappa shape index (κ1) is 10.9. The number of alkyl halides is 1. The molecular weight excluding hydrogens is 246 g/mol. The van der Waals surface area contributed by atoms with Crippen LogP contribution in [0.3, 0.4) is 0 Å². The van der Waals surface area contributed by atoms with E-state index in [-0.39, 0.29) is 11.1 Å². The average Bonchev–Trinajstić information content (AvgIpc) is 2.26. The number of hydrogen-bond donors (Lipinski definition) is 1. The summed E-state index contributed by atoms with van der Waals surface area (Å²) in [6, 6.07) is 5.00. The van der Waals surface area contributed by atoms with Crippen LogP contribution in [0.25, 0.3) is 0 Å². The molecule has 0 aliphatic rings. The third-order valence-corrected chi connectivity index (χ3v) is 2.40. The van der Waals surface area contributed by atoms with Gasteiger partial charge in [0.1, 0.15) is 0 Å². The molecule has 0 aliphatic carbocycles. The van der Waals surface area contributed by atoms with Gasteiger partial charge in [-0.15, -0.1) is 0 Å². The lowest BCUT2D eigenvalue weighted by atomic mass is 10.1. The van der Waals surface area contributed by atoms with Gasteiger partial charge in [0.2, 0.25) is 0 Å². The lowest BCUT2D eigenvalue weighted by Gasteiger charge is -2.05. The molecule has 0 heterocycles. The molecule has 0 amide bonds. The molecule has 0 atom stereocenters. The van der Waals surface area contributed by atoms with Gasteiger partial charge in [-0.25, -0.2) is 0 Å². The van der Waals surface area contributed by atoms with Crippen molar-refractivity contribution in [2.24, 2.45) is 0 Å². The fourth-order valence-corrected chi connectivity index (χ4v) is 1.46. The monoisotopic (exact) mass is 255 g/mol. The molecule has 1 rings (SSSR count). The summed E-state index contributed by atoms with van der Waals surface area (Å²) in [5, 5.41) is 3.14. The van der Waals surface area contributed by atoms with Gasteiger partial charge in [0, 0.05) is 23.9 Å². The lowest BCUT2D eigenvalue weighted by molar-refractivity contribution is 0.102. The van der Waals surface area contributed by atoms with Crippen molar-refractivity contribution in [3.63, 3.8) is 0 Å². The van der Waals surface area contributed by atoms with Gasteiger partial charge in [-0.1, -0.05) is 15.9 Å². The number of hydrogen-bond acceptors (Lipinski definition) is 3. The first-order valence-corrected chi connectivity index (χ1v) is 5.21. The molecule has 3 nitrogen and oxygen atoms in total. The van der Waals surface area contributed by atoms with Crippen LogP contribution in [0.15, 0.2) is 18.2 Å². The van der Waals surface area contributed by atoms with E-state index in [4.69, 9.17) is 0 Å². The maximum absolute atomic E-state index is 11.3. The average molecular weight is 256 g/mol. The van der Waals surface area contributed by atoms with E-state index in [1.165, 1.54) is 0 Å². The van der Waals surface area contributed by atoms with Crippen molar-refractivity contribution in [3.05, 3.63) is 29.3 Å². The van der Waals surface area contributed by atoms with Crippen LogP contribution in [-0.2, 0) is 0 Å². The molecule has 0 saturated carbocycles. The molecule has 0 radical (unpaired) electrons. The Hall–Kier alpha value is -1.16. The van der Waals surface area contributed by atoms with E-state index in [9.17, 15) is 9.59 Å². The van der Waals surface area contributed by atoms with Gasteiger partial charge in [0.25, 0.3) is 0 Å². The Morgan fingerprint density at radius 1 is 1.57 bits per heavy atom. The van der Waals surface area contributed by atoms with E-state index < -0.39 is 0 Å². The Bertz CT molecular complexity index is 363. The lowest BCUT2D eigenvalue weighted by Crippen LogP contribution is -2.02. The molecule has 0 spiro atoms. The highest BCUT2D eigenvalue weighted by atomic mass is 79.9. The molecule has 0 fully saturated rings. The number of Topliss-reactive ketones (excluding diaryl/α,β-unsaturated/α-hetero) is 1. The molecule has 0 unspecified atom stereocenters. The summed E-state index contributed by atoms with van der Waals surface area (Å²) in [4.78, 5) is 22.0. The predicted molar refractivity (Wildman–Crippen MR) is 59.5 cm³/mol. The van der Waals surface area contributed by atoms with Crippen LogP contribution < -0.4 is 5.32 Å². The molecule has 0 bridgehead atoms. The van der Waals surface area contributed by atoms with Gasteiger partial charge in [0.15, 0.2) is 12.1 Å². The largest absolute Gasteiger partial charge is 0.388 e. The van der Waals surface area contributed by atoms with Crippen LogP contribution in [0.4, 0.5) is 5.69 Å². The summed E-state index contributed by atoms with van der Waals surface area (Å²) in [5.41, 5.74) is 1.77. The maximum Gasteiger partial charge on any atom is 0.173 e. The highest BCUT2D eigenvalue weighted by molar-refractivity contribution is 9.09. The van der Waals surface area contributed by atoms with E-state index >= 15 is 0 Å². The summed E-state index contributed by atoms with van der Waals surface area (Å²) < 4.78 is 0. The van der Waals surface area contributed by atoms with Gasteiger partial charge >= 0.3 is 0 Å². The second-order valence-electron chi connectivity index (χ2n) is 2.73. The first-order valence-electron chi connectivity index (χ1n) is 4.09. The smallest absolute Gasteiger partial charge is 0.173 e. The molecule has 1 N–H and O–H groups in total. The minimum Gasteiger partial charge on any atom is -0.388 e. The van der Waals surface area contributed by atoms with E-state index in [0.29, 0.717) is 11.1 Å². The predicted octanol–water partition coefficient (Wildman–Crippen LogP) is 2.12. The minimum absolute atomic E-state index is 0.0317. The number of halogens is 1. The van der Waals surface area contributed by atoms with Gasteiger partial charge in [-0.05, 0) is 18.2 Å². The normalized spacial score (nSPS) is 9.57. The van der Waals surface area contributed by atoms with Gasteiger partial charge in [-0.3, -0.25) is 9.59 Å². The summed E-state index contributed by atoms with van der Waals surface area (Å²) in [7, 11) is 1.73. The second-order valence-corrected chi connectivity index (χ2v) is 3.29. The number of rotatable bonds is 4. The minimum atomic E-state index is -0.0317. The highest BCUT2D eigenvalue weighted by Crippen LogP contribution is 2.15. The number of benzene rings is 1. The van der Waals surface area contributed by atoms with Gasteiger partial charge in [-0.2, -0.15) is 0 Å². The zero-order valence-corrected chi connectivity index (χ0v) is 9.30. The number of carbonyl (C=O) groups is 2. The number of ketones is 1. The van der Waals surface area contributed by atoms with E-state index in [1.807, 2.05) is 0 Å². The van der Waals surface area contributed by atoms with Crippen molar-refractivity contribution in [3.8, 4) is 0 Å². The van der Waals surface area contributed by atoms with Crippen molar-refractivity contribution in [2.45, 2.75) is 0 Å². The van der Waals surface area contributed by atoms with E-state index in [1.54, 1.807) is 25.2 Å². The fraction of sp³-hybridized carbons (Fsp3) is 0.200. The summed E-state index contributed by atoms with van der Waals surface area (Å²) in [6.07, 6.45) is 0.733. The van der Waals surface area contributed by atoms with Crippen molar-refractivity contribution in [1.29, 1.82) is 0 Å². The summed E-state index contributed by atoms with van der Waals surface area (Å²) in [5.74, 6) is -0.0317. The zero-order chi connectivity index (χ0) is 10.6. The molecular formula is C10H10BrNO2. The molecule has 74 valence electrons. The molecule has 4 heteroatoms. The topological polar surface area (TPSA) is 46.2 Å². The van der Waals surface area contributed by atoms with Gasteiger partial charge in [0.05, 0.1) is 5.33 Å². The van der Waals surface area contributed by atoms with Crippen LogP contribution in [0.1, 0.15) is 20.7 Å². The number of anilines is 1. The van der Waals surface area contributed by atoms with Gasteiger partial charge < -0.3 is 5.32 Å². The number of nitrogens with one attached hydrogen (secondary N) is 1. The third kappa shape index (κ3) is 2.20.